The molecule has 0 radical (unpaired) electrons. The minimum atomic E-state index is -0.511. The maximum Gasteiger partial charge on any atom is 0.270 e. The third kappa shape index (κ3) is 3.53. The molecule has 7 heteroatoms. The van der Waals surface area contributed by atoms with E-state index >= 15 is 0 Å². The fraction of sp³-hybridized carbons (Fsp3) is 0.133. The number of carbonyl (C=O) groups is 1. The molecule has 0 aliphatic rings. The van der Waals surface area contributed by atoms with Gasteiger partial charge in [0.1, 0.15) is 0 Å². The number of amides is 1. The fourth-order valence-electron chi connectivity index (χ4n) is 1.96. The summed E-state index contributed by atoms with van der Waals surface area (Å²) in [5.74, 6) is -0.378. The molecule has 1 N–H and O–H groups in total. The molecule has 0 bridgehead atoms. The van der Waals surface area contributed by atoms with E-state index in [1.165, 1.54) is 12.1 Å². The Hall–Kier alpha value is -2.16. The number of hydrogen-bond donors (Lipinski definition) is 1. The van der Waals surface area contributed by atoms with Gasteiger partial charge in [-0.15, -0.1) is 0 Å². The molecular formula is C15H14IN3O3. The smallest absolute Gasteiger partial charge is 0.270 e. The molecule has 0 fully saturated rings. The highest BCUT2D eigenvalue weighted by atomic mass is 127. The Labute approximate surface area is 141 Å². The second-order valence-electron chi connectivity index (χ2n) is 4.79. The molecule has 2 aromatic rings. The third-order valence-corrected chi connectivity index (χ3v) is 3.98. The molecule has 2 aromatic carbocycles. The van der Waals surface area contributed by atoms with E-state index in [0.29, 0.717) is 11.4 Å². The Morgan fingerprint density at radius 1 is 1.23 bits per heavy atom. The van der Waals surface area contributed by atoms with Crippen LogP contribution < -0.4 is 10.2 Å². The lowest BCUT2D eigenvalue weighted by Gasteiger charge is -2.17. The van der Waals surface area contributed by atoms with Gasteiger partial charge in [0, 0.05) is 35.5 Å². The van der Waals surface area contributed by atoms with Crippen LogP contribution >= 0.6 is 22.6 Å². The molecular weight excluding hydrogens is 397 g/mol. The molecule has 0 aromatic heterocycles. The van der Waals surface area contributed by atoms with Crippen molar-refractivity contribution in [3.05, 3.63) is 61.7 Å². The van der Waals surface area contributed by atoms with E-state index in [-0.39, 0.29) is 17.2 Å². The molecule has 6 nitrogen and oxygen atoms in total. The van der Waals surface area contributed by atoms with Crippen molar-refractivity contribution in [2.24, 2.45) is 0 Å². The van der Waals surface area contributed by atoms with E-state index in [4.69, 9.17) is 0 Å². The SMILES string of the molecule is CN(C)c1ccc([N+](=O)[O-])cc1C(=O)Nc1ccccc1I. The zero-order chi connectivity index (χ0) is 16.3. The predicted octanol–water partition coefficient (Wildman–Crippen LogP) is 3.52. The van der Waals surface area contributed by atoms with E-state index in [1.807, 2.05) is 18.2 Å². The van der Waals surface area contributed by atoms with Gasteiger partial charge >= 0.3 is 0 Å². The molecule has 0 aliphatic heterocycles. The van der Waals surface area contributed by atoms with Gasteiger partial charge in [0.15, 0.2) is 0 Å². The van der Waals surface area contributed by atoms with Gasteiger partial charge in [-0.3, -0.25) is 14.9 Å². The van der Waals surface area contributed by atoms with Gasteiger partial charge in [-0.1, -0.05) is 12.1 Å². The molecule has 0 unspecified atom stereocenters. The summed E-state index contributed by atoms with van der Waals surface area (Å²) in [5.41, 5.74) is 1.44. The summed E-state index contributed by atoms with van der Waals surface area (Å²) in [7, 11) is 3.56. The molecule has 0 saturated carbocycles. The lowest BCUT2D eigenvalue weighted by atomic mass is 10.1. The van der Waals surface area contributed by atoms with Gasteiger partial charge in [0.2, 0.25) is 0 Å². The lowest BCUT2D eigenvalue weighted by molar-refractivity contribution is -0.384. The Bertz CT molecular complexity index is 732. The van der Waals surface area contributed by atoms with Crippen LogP contribution in [0.15, 0.2) is 42.5 Å². The topological polar surface area (TPSA) is 75.5 Å². The van der Waals surface area contributed by atoms with Crippen LogP contribution in [0.5, 0.6) is 0 Å². The van der Waals surface area contributed by atoms with Crippen molar-refractivity contribution in [3.8, 4) is 0 Å². The maximum atomic E-state index is 12.5. The first-order valence-electron chi connectivity index (χ1n) is 6.42. The standard InChI is InChI=1S/C15H14IN3O3/c1-18(2)14-8-7-10(19(21)22)9-11(14)15(20)17-13-6-4-3-5-12(13)16/h3-9H,1-2H3,(H,17,20). The van der Waals surface area contributed by atoms with E-state index < -0.39 is 4.92 Å². The molecule has 0 saturated heterocycles. The number of rotatable bonds is 4. The van der Waals surface area contributed by atoms with Gasteiger partial charge in [-0.25, -0.2) is 0 Å². The number of anilines is 2. The van der Waals surface area contributed by atoms with Crippen molar-refractivity contribution >= 4 is 45.6 Å². The maximum absolute atomic E-state index is 12.5. The Balaban J connectivity index is 2.41. The van der Waals surface area contributed by atoms with Crippen LogP contribution in [0, 0.1) is 13.7 Å². The van der Waals surface area contributed by atoms with Crippen molar-refractivity contribution in [2.75, 3.05) is 24.3 Å². The second kappa shape index (κ2) is 6.73. The molecule has 22 heavy (non-hydrogen) atoms. The number of para-hydroxylation sites is 1. The first-order valence-corrected chi connectivity index (χ1v) is 7.49. The summed E-state index contributed by atoms with van der Waals surface area (Å²) in [6.45, 7) is 0. The van der Waals surface area contributed by atoms with Gasteiger partial charge in [-0.05, 0) is 40.8 Å². The highest BCUT2D eigenvalue weighted by molar-refractivity contribution is 14.1. The number of benzene rings is 2. The van der Waals surface area contributed by atoms with Crippen molar-refractivity contribution in [1.29, 1.82) is 0 Å². The van der Waals surface area contributed by atoms with Crippen LogP contribution in [-0.4, -0.2) is 24.9 Å². The molecule has 2 rings (SSSR count). The monoisotopic (exact) mass is 411 g/mol. The predicted molar refractivity (Wildman–Crippen MR) is 94.5 cm³/mol. The van der Waals surface area contributed by atoms with E-state index in [1.54, 1.807) is 31.1 Å². The van der Waals surface area contributed by atoms with Gasteiger partial charge < -0.3 is 10.2 Å². The molecule has 1 amide bonds. The lowest BCUT2D eigenvalue weighted by Crippen LogP contribution is -2.19. The average Bonchev–Trinajstić information content (AvgIpc) is 2.48. The minimum absolute atomic E-state index is 0.112. The number of non-ortho nitro benzene ring substituents is 1. The number of nitrogens with one attached hydrogen (secondary N) is 1. The number of halogens is 1. The van der Waals surface area contributed by atoms with Crippen LogP contribution in [0.2, 0.25) is 0 Å². The van der Waals surface area contributed by atoms with Gasteiger partial charge in [0.25, 0.3) is 11.6 Å². The van der Waals surface area contributed by atoms with Crippen LogP contribution in [0.1, 0.15) is 10.4 Å². The molecule has 0 aliphatic carbocycles. The van der Waals surface area contributed by atoms with Gasteiger partial charge in [0.05, 0.1) is 16.2 Å². The molecule has 114 valence electrons. The van der Waals surface area contributed by atoms with Crippen LogP contribution in [-0.2, 0) is 0 Å². The average molecular weight is 411 g/mol. The van der Waals surface area contributed by atoms with Crippen LogP contribution in [0.25, 0.3) is 0 Å². The molecule has 0 atom stereocenters. The Morgan fingerprint density at radius 3 is 2.50 bits per heavy atom. The highest BCUT2D eigenvalue weighted by Crippen LogP contribution is 2.26. The third-order valence-electron chi connectivity index (χ3n) is 3.04. The molecule has 0 heterocycles. The van der Waals surface area contributed by atoms with Crippen molar-refractivity contribution in [1.82, 2.24) is 0 Å². The summed E-state index contributed by atoms with van der Waals surface area (Å²) in [6.07, 6.45) is 0. The van der Waals surface area contributed by atoms with Gasteiger partial charge in [-0.2, -0.15) is 0 Å². The summed E-state index contributed by atoms with van der Waals surface area (Å²) < 4.78 is 0.894. The Morgan fingerprint density at radius 2 is 1.91 bits per heavy atom. The van der Waals surface area contributed by atoms with Crippen molar-refractivity contribution in [2.45, 2.75) is 0 Å². The fourth-order valence-corrected chi connectivity index (χ4v) is 2.48. The van der Waals surface area contributed by atoms with Crippen molar-refractivity contribution in [3.63, 3.8) is 0 Å². The van der Waals surface area contributed by atoms with Crippen molar-refractivity contribution < 1.29 is 9.72 Å². The largest absolute Gasteiger partial charge is 0.377 e. The number of nitro benzene ring substituents is 1. The first-order chi connectivity index (χ1) is 10.4. The summed E-state index contributed by atoms with van der Waals surface area (Å²) >= 11 is 2.12. The zero-order valence-corrected chi connectivity index (χ0v) is 14.2. The number of carbonyl (C=O) groups excluding carboxylic acids is 1. The van der Waals surface area contributed by atoms with Crippen LogP contribution in [0.3, 0.4) is 0 Å². The van der Waals surface area contributed by atoms with E-state index in [2.05, 4.69) is 27.9 Å². The summed E-state index contributed by atoms with van der Waals surface area (Å²) in [6, 6.07) is 11.6. The molecule has 0 spiro atoms. The Kier molecular flexibility index (Phi) is 4.96. The summed E-state index contributed by atoms with van der Waals surface area (Å²) in [4.78, 5) is 24.7. The van der Waals surface area contributed by atoms with E-state index in [0.717, 1.165) is 3.57 Å². The highest BCUT2D eigenvalue weighted by Gasteiger charge is 2.18. The normalized spacial score (nSPS) is 10.1. The number of nitrogens with zero attached hydrogens (tertiary/aromatic N) is 2. The number of nitro groups is 1. The quantitative estimate of drug-likeness (QED) is 0.475. The van der Waals surface area contributed by atoms with E-state index in [9.17, 15) is 14.9 Å². The minimum Gasteiger partial charge on any atom is -0.377 e. The summed E-state index contributed by atoms with van der Waals surface area (Å²) in [5, 5.41) is 13.7. The van der Waals surface area contributed by atoms with Crippen LogP contribution in [0.4, 0.5) is 17.1 Å². The second-order valence-corrected chi connectivity index (χ2v) is 5.95. The number of hydrogen-bond acceptors (Lipinski definition) is 4. The zero-order valence-electron chi connectivity index (χ0n) is 12.0. The first kappa shape index (κ1) is 16.2.